The lowest BCUT2D eigenvalue weighted by Crippen LogP contribution is -2.34. The van der Waals surface area contributed by atoms with Crippen LogP contribution in [0.5, 0.6) is 0 Å². The number of halogens is 4. The Kier molecular flexibility index (Phi) is 5.75. The summed E-state index contributed by atoms with van der Waals surface area (Å²) in [5.41, 5.74) is -1.62. The minimum absolute atomic E-state index is 0.235. The summed E-state index contributed by atoms with van der Waals surface area (Å²) in [7, 11) is 0. The summed E-state index contributed by atoms with van der Waals surface area (Å²) in [5, 5.41) is 2.53. The van der Waals surface area contributed by atoms with Crippen molar-refractivity contribution in [2.24, 2.45) is 5.92 Å². The van der Waals surface area contributed by atoms with Crippen molar-refractivity contribution in [2.75, 3.05) is 0 Å². The van der Waals surface area contributed by atoms with Gasteiger partial charge in [-0.1, -0.05) is 20.3 Å². The highest BCUT2D eigenvalue weighted by atomic mass is 19.4. The average Bonchev–Trinajstić information content (AvgIpc) is 2.37. The highest BCUT2D eigenvalue weighted by Crippen LogP contribution is 2.30. The molecule has 2 unspecified atom stereocenters. The van der Waals surface area contributed by atoms with Crippen LogP contribution in [0.3, 0.4) is 0 Å². The van der Waals surface area contributed by atoms with Crippen LogP contribution in [0.2, 0.25) is 0 Å². The first-order valence-electron chi connectivity index (χ1n) is 6.82. The molecule has 0 aliphatic carbocycles. The molecule has 1 aromatic rings. The van der Waals surface area contributed by atoms with E-state index in [9.17, 15) is 22.4 Å². The van der Waals surface area contributed by atoms with E-state index in [0.29, 0.717) is 30.5 Å². The van der Waals surface area contributed by atoms with Crippen molar-refractivity contribution in [3.63, 3.8) is 0 Å². The van der Waals surface area contributed by atoms with Gasteiger partial charge in [0, 0.05) is 6.04 Å². The largest absolute Gasteiger partial charge is 0.416 e. The minimum atomic E-state index is -4.61. The number of hydrogen-bond donors (Lipinski definition) is 1. The molecule has 0 bridgehead atoms. The first-order valence-corrected chi connectivity index (χ1v) is 6.82. The molecule has 2 atom stereocenters. The fraction of sp³-hybridized carbons (Fsp3) is 0.533. The Labute approximate surface area is 121 Å². The summed E-state index contributed by atoms with van der Waals surface area (Å²) in [6, 6.07) is 1.59. The molecule has 21 heavy (non-hydrogen) atoms. The Hall–Kier alpha value is -1.59. The lowest BCUT2D eigenvalue weighted by Gasteiger charge is -2.18. The normalized spacial score (nSPS) is 14.6. The first-order chi connectivity index (χ1) is 9.65. The molecule has 6 heteroatoms. The Bertz CT molecular complexity index is 499. The van der Waals surface area contributed by atoms with Crippen molar-refractivity contribution in [3.8, 4) is 0 Å². The SMILES string of the molecule is CCC(C)CC(C)NC(=O)c1cc(C(F)(F)F)ccc1F. The van der Waals surface area contributed by atoms with E-state index in [2.05, 4.69) is 5.32 Å². The van der Waals surface area contributed by atoms with E-state index < -0.39 is 29.0 Å². The van der Waals surface area contributed by atoms with Gasteiger partial charge in [0.25, 0.3) is 5.91 Å². The molecule has 118 valence electrons. The van der Waals surface area contributed by atoms with E-state index >= 15 is 0 Å². The molecule has 0 aliphatic heterocycles. The van der Waals surface area contributed by atoms with Crippen LogP contribution in [0.4, 0.5) is 17.6 Å². The van der Waals surface area contributed by atoms with Crippen LogP contribution >= 0.6 is 0 Å². The standard InChI is InChI=1S/C15H19F4NO/c1-4-9(2)7-10(3)20-14(21)12-8-11(15(17,18)19)5-6-13(12)16/h5-6,8-10H,4,7H2,1-3H3,(H,20,21). The molecule has 2 nitrogen and oxygen atoms in total. The summed E-state index contributed by atoms with van der Waals surface area (Å²) in [6.07, 6.45) is -2.99. The molecule has 0 spiro atoms. The summed E-state index contributed by atoms with van der Waals surface area (Å²) in [5.74, 6) is -1.42. The molecule has 0 aliphatic rings. The zero-order valence-corrected chi connectivity index (χ0v) is 12.2. The fourth-order valence-electron chi connectivity index (χ4n) is 2.01. The highest BCUT2D eigenvalue weighted by molar-refractivity contribution is 5.94. The van der Waals surface area contributed by atoms with Gasteiger partial charge in [0.1, 0.15) is 5.82 Å². The Morgan fingerprint density at radius 3 is 2.43 bits per heavy atom. The topological polar surface area (TPSA) is 29.1 Å². The van der Waals surface area contributed by atoms with E-state index in [-0.39, 0.29) is 6.04 Å². The summed E-state index contributed by atoms with van der Waals surface area (Å²) >= 11 is 0. The molecule has 0 aromatic heterocycles. The smallest absolute Gasteiger partial charge is 0.349 e. The predicted molar refractivity (Wildman–Crippen MR) is 72.4 cm³/mol. The first kappa shape index (κ1) is 17.5. The molecule has 1 N–H and O–H groups in total. The van der Waals surface area contributed by atoms with Crippen molar-refractivity contribution in [2.45, 2.75) is 45.8 Å². The van der Waals surface area contributed by atoms with Crippen molar-refractivity contribution in [1.29, 1.82) is 0 Å². The molecule has 0 saturated carbocycles. The number of nitrogens with one attached hydrogen (secondary N) is 1. The van der Waals surface area contributed by atoms with Crippen molar-refractivity contribution in [1.82, 2.24) is 5.32 Å². The van der Waals surface area contributed by atoms with Gasteiger partial charge in [0.2, 0.25) is 0 Å². The number of amides is 1. The zero-order valence-electron chi connectivity index (χ0n) is 12.2. The third kappa shape index (κ3) is 5.02. The maximum absolute atomic E-state index is 13.6. The maximum Gasteiger partial charge on any atom is 0.416 e. The van der Waals surface area contributed by atoms with Crippen LogP contribution in [0, 0.1) is 11.7 Å². The van der Waals surface area contributed by atoms with E-state index in [1.807, 2.05) is 13.8 Å². The summed E-state index contributed by atoms with van der Waals surface area (Å²) in [6.45, 7) is 5.76. The summed E-state index contributed by atoms with van der Waals surface area (Å²) < 4.78 is 51.3. The van der Waals surface area contributed by atoms with E-state index in [1.54, 1.807) is 6.92 Å². The van der Waals surface area contributed by atoms with E-state index in [1.165, 1.54) is 0 Å². The predicted octanol–water partition coefficient (Wildman–Crippen LogP) is 4.40. The van der Waals surface area contributed by atoms with Crippen LogP contribution in [0.1, 0.15) is 49.5 Å². The van der Waals surface area contributed by atoms with Crippen LogP contribution in [0.15, 0.2) is 18.2 Å². The van der Waals surface area contributed by atoms with Gasteiger partial charge in [-0.25, -0.2) is 4.39 Å². The number of carbonyl (C=O) groups is 1. The van der Waals surface area contributed by atoms with Gasteiger partial charge < -0.3 is 5.32 Å². The van der Waals surface area contributed by atoms with Gasteiger partial charge in [0.05, 0.1) is 11.1 Å². The molecular formula is C15H19F4NO. The molecule has 0 saturated heterocycles. The average molecular weight is 305 g/mol. The number of alkyl halides is 3. The molecule has 0 radical (unpaired) electrons. The second kappa shape index (κ2) is 6.91. The quantitative estimate of drug-likeness (QED) is 0.803. The van der Waals surface area contributed by atoms with Crippen molar-refractivity contribution < 1.29 is 22.4 Å². The summed E-state index contributed by atoms with van der Waals surface area (Å²) in [4.78, 5) is 11.9. The van der Waals surface area contributed by atoms with E-state index in [0.717, 1.165) is 6.42 Å². The maximum atomic E-state index is 13.6. The van der Waals surface area contributed by atoms with Crippen LogP contribution < -0.4 is 5.32 Å². The third-order valence-corrected chi connectivity index (χ3v) is 3.37. The van der Waals surface area contributed by atoms with Gasteiger partial charge in [0.15, 0.2) is 0 Å². The highest BCUT2D eigenvalue weighted by Gasteiger charge is 2.32. The van der Waals surface area contributed by atoms with Crippen molar-refractivity contribution in [3.05, 3.63) is 35.1 Å². The lowest BCUT2D eigenvalue weighted by atomic mass is 10.00. The number of hydrogen-bond acceptors (Lipinski definition) is 1. The Morgan fingerprint density at radius 2 is 1.90 bits per heavy atom. The number of rotatable bonds is 5. The van der Waals surface area contributed by atoms with Gasteiger partial charge in [-0.3, -0.25) is 4.79 Å². The monoisotopic (exact) mass is 305 g/mol. The van der Waals surface area contributed by atoms with Crippen molar-refractivity contribution >= 4 is 5.91 Å². The van der Waals surface area contributed by atoms with Gasteiger partial charge in [-0.15, -0.1) is 0 Å². The number of carbonyl (C=O) groups excluding carboxylic acids is 1. The van der Waals surface area contributed by atoms with Crippen LogP contribution in [-0.2, 0) is 6.18 Å². The molecular weight excluding hydrogens is 286 g/mol. The second-order valence-corrected chi connectivity index (χ2v) is 5.32. The zero-order chi connectivity index (χ0) is 16.2. The molecule has 1 rings (SSSR count). The molecule has 1 amide bonds. The van der Waals surface area contributed by atoms with Gasteiger partial charge in [-0.05, 0) is 37.5 Å². The second-order valence-electron chi connectivity index (χ2n) is 5.32. The molecule has 0 fully saturated rings. The Balaban J connectivity index is 2.87. The molecule has 0 heterocycles. The number of benzene rings is 1. The van der Waals surface area contributed by atoms with Gasteiger partial charge in [-0.2, -0.15) is 13.2 Å². The fourth-order valence-corrected chi connectivity index (χ4v) is 2.01. The van der Waals surface area contributed by atoms with Crippen LogP contribution in [-0.4, -0.2) is 11.9 Å². The molecule has 1 aromatic carbocycles. The Morgan fingerprint density at radius 1 is 1.29 bits per heavy atom. The van der Waals surface area contributed by atoms with Crippen LogP contribution in [0.25, 0.3) is 0 Å². The van der Waals surface area contributed by atoms with E-state index in [4.69, 9.17) is 0 Å². The third-order valence-electron chi connectivity index (χ3n) is 3.37. The lowest BCUT2D eigenvalue weighted by molar-refractivity contribution is -0.137. The minimum Gasteiger partial charge on any atom is -0.349 e. The van der Waals surface area contributed by atoms with Gasteiger partial charge >= 0.3 is 6.18 Å².